The molecule has 0 aromatic heterocycles. The highest BCUT2D eigenvalue weighted by Crippen LogP contribution is 2.27. The molecule has 4 heteroatoms. The van der Waals surface area contributed by atoms with E-state index in [0.717, 1.165) is 31.6 Å². The Morgan fingerprint density at radius 3 is 2.79 bits per heavy atom. The number of hydrogen-bond acceptors (Lipinski definition) is 3. The van der Waals surface area contributed by atoms with E-state index in [2.05, 4.69) is 16.9 Å². The van der Waals surface area contributed by atoms with Gasteiger partial charge in [-0.1, -0.05) is 17.5 Å². The summed E-state index contributed by atoms with van der Waals surface area (Å²) >= 11 is 6.01. The Morgan fingerprint density at radius 1 is 1.42 bits per heavy atom. The van der Waals surface area contributed by atoms with E-state index in [-0.39, 0.29) is 6.10 Å². The molecule has 1 saturated heterocycles. The van der Waals surface area contributed by atoms with Crippen LogP contribution in [0.1, 0.15) is 18.4 Å². The van der Waals surface area contributed by atoms with Crippen molar-refractivity contribution in [3.05, 3.63) is 28.8 Å². The highest BCUT2D eigenvalue weighted by atomic mass is 35.5. The third-order valence-corrected chi connectivity index (χ3v) is 3.50. The van der Waals surface area contributed by atoms with Crippen molar-refractivity contribution in [2.45, 2.75) is 18.9 Å². The van der Waals surface area contributed by atoms with Gasteiger partial charge in [-0.05, 0) is 31.0 Å². The molecule has 19 heavy (non-hydrogen) atoms. The molecular formula is C15H15ClN2O. The number of rotatable bonds is 3. The van der Waals surface area contributed by atoms with Crippen molar-refractivity contribution in [3.8, 4) is 18.4 Å². The van der Waals surface area contributed by atoms with Gasteiger partial charge in [0.2, 0.25) is 0 Å². The standard InChI is InChI=1S/C15H15ClN2O/c1-2-9-19-14-5-7-18(8-6-14)15-10-13(16)4-3-12(15)11-17/h1,3-4,10,14H,5-9H2. The summed E-state index contributed by atoms with van der Waals surface area (Å²) in [5, 5.41) is 9.79. The van der Waals surface area contributed by atoms with Crippen LogP contribution in [-0.4, -0.2) is 25.8 Å². The number of halogens is 1. The maximum absolute atomic E-state index is 9.14. The SMILES string of the molecule is C#CCOC1CCN(c2cc(Cl)ccc2C#N)CC1. The largest absolute Gasteiger partial charge is 0.370 e. The summed E-state index contributed by atoms with van der Waals surface area (Å²) in [5.41, 5.74) is 1.57. The number of nitrogens with zero attached hydrogens (tertiary/aromatic N) is 2. The van der Waals surface area contributed by atoms with Gasteiger partial charge in [-0.3, -0.25) is 0 Å². The molecule has 1 aromatic carbocycles. The lowest BCUT2D eigenvalue weighted by Crippen LogP contribution is -2.37. The molecule has 0 N–H and O–H groups in total. The molecule has 1 aliphatic rings. The molecule has 0 saturated carbocycles. The third kappa shape index (κ3) is 3.41. The molecule has 0 bridgehead atoms. The Hall–Kier alpha value is -1.68. The summed E-state index contributed by atoms with van der Waals surface area (Å²) < 4.78 is 5.54. The highest BCUT2D eigenvalue weighted by molar-refractivity contribution is 6.30. The van der Waals surface area contributed by atoms with Gasteiger partial charge in [-0.2, -0.15) is 5.26 Å². The van der Waals surface area contributed by atoms with Crippen LogP contribution in [0, 0.1) is 23.7 Å². The first kappa shape index (κ1) is 13.7. The number of ether oxygens (including phenoxy) is 1. The van der Waals surface area contributed by atoms with Gasteiger partial charge in [0, 0.05) is 18.1 Å². The van der Waals surface area contributed by atoms with Crippen molar-refractivity contribution in [3.63, 3.8) is 0 Å². The lowest BCUT2D eigenvalue weighted by atomic mass is 10.1. The predicted molar refractivity (Wildman–Crippen MR) is 76.2 cm³/mol. The summed E-state index contributed by atoms with van der Waals surface area (Å²) in [5.74, 6) is 2.49. The molecular weight excluding hydrogens is 260 g/mol. The van der Waals surface area contributed by atoms with E-state index in [4.69, 9.17) is 28.0 Å². The molecule has 0 radical (unpaired) electrons. The van der Waals surface area contributed by atoms with Crippen molar-refractivity contribution >= 4 is 17.3 Å². The molecule has 2 rings (SSSR count). The van der Waals surface area contributed by atoms with Gasteiger partial charge in [0.25, 0.3) is 0 Å². The zero-order valence-corrected chi connectivity index (χ0v) is 11.4. The van der Waals surface area contributed by atoms with Crippen LogP contribution >= 0.6 is 11.6 Å². The first-order valence-electron chi connectivity index (χ1n) is 6.24. The average molecular weight is 275 g/mol. The van der Waals surface area contributed by atoms with Crippen LogP contribution in [0.5, 0.6) is 0 Å². The zero-order valence-electron chi connectivity index (χ0n) is 10.6. The molecule has 1 fully saturated rings. The second kappa shape index (κ2) is 6.48. The monoisotopic (exact) mass is 274 g/mol. The van der Waals surface area contributed by atoms with E-state index in [1.54, 1.807) is 12.1 Å². The first-order valence-corrected chi connectivity index (χ1v) is 6.62. The van der Waals surface area contributed by atoms with Crippen LogP contribution in [0.2, 0.25) is 5.02 Å². The fourth-order valence-electron chi connectivity index (χ4n) is 2.29. The topological polar surface area (TPSA) is 36.3 Å². The van der Waals surface area contributed by atoms with Gasteiger partial charge >= 0.3 is 0 Å². The molecule has 0 unspecified atom stereocenters. The van der Waals surface area contributed by atoms with Gasteiger partial charge in [-0.25, -0.2) is 0 Å². The van der Waals surface area contributed by atoms with E-state index >= 15 is 0 Å². The van der Waals surface area contributed by atoms with Crippen LogP contribution in [0.15, 0.2) is 18.2 Å². The molecule has 1 heterocycles. The maximum Gasteiger partial charge on any atom is 0.107 e. The van der Waals surface area contributed by atoms with Gasteiger partial charge in [0.15, 0.2) is 0 Å². The normalized spacial score (nSPS) is 15.8. The summed E-state index contributed by atoms with van der Waals surface area (Å²) in [6, 6.07) is 7.56. The Labute approximate surface area is 118 Å². The smallest absolute Gasteiger partial charge is 0.107 e. The minimum Gasteiger partial charge on any atom is -0.370 e. The van der Waals surface area contributed by atoms with Crippen LogP contribution in [0.3, 0.4) is 0 Å². The minimum absolute atomic E-state index is 0.219. The van der Waals surface area contributed by atoms with Crippen molar-refractivity contribution < 1.29 is 4.74 Å². The van der Waals surface area contributed by atoms with Crippen molar-refractivity contribution in [2.24, 2.45) is 0 Å². The minimum atomic E-state index is 0.219. The number of benzene rings is 1. The fourth-order valence-corrected chi connectivity index (χ4v) is 2.46. The number of anilines is 1. The van der Waals surface area contributed by atoms with Crippen LogP contribution in [0.25, 0.3) is 0 Å². The third-order valence-electron chi connectivity index (χ3n) is 3.27. The Balaban J connectivity index is 2.04. The molecule has 0 atom stereocenters. The van der Waals surface area contributed by atoms with Gasteiger partial charge < -0.3 is 9.64 Å². The lowest BCUT2D eigenvalue weighted by Gasteiger charge is -2.33. The van der Waals surface area contributed by atoms with Gasteiger partial charge in [0.05, 0.1) is 17.4 Å². The van der Waals surface area contributed by atoms with E-state index in [1.807, 2.05) is 6.07 Å². The van der Waals surface area contributed by atoms with E-state index < -0.39 is 0 Å². The molecule has 0 amide bonds. The number of hydrogen-bond donors (Lipinski definition) is 0. The van der Waals surface area contributed by atoms with Crippen LogP contribution in [-0.2, 0) is 4.74 Å². The van der Waals surface area contributed by atoms with Crippen LogP contribution in [0.4, 0.5) is 5.69 Å². The summed E-state index contributed by atoms with van der Waals surface area (Å²) in [6.07, 6.45) is 7.23. The van der Waals surface area contributed by atoms with Crippen LogP contribution < -0.4 is 4.90 Å². The second-order valence-electron chi connectivity index (χ2n) is 4.47. The van der Waals surface area contributed by atoms with Crippen molar-refractivity contribution in [1.82, 2.24) is 0 Å². The number of piperidine rings is 1. The number of nitriles is 1. The predicted octanol–water partition coefficient (Wildman–Crippen LogP) is 2.83. The Morgan fingerprint density at radius 2 is 2.16 bits per heavy atom. The lowest BCUT2D eigenvalue weighted by molar-refractivity contribution is 0.0595. The quantitative estimate of drug-likeness (QED) is 0.795. The number of terminal acetylenes is 1. The highest BCUT2D eigenvalue weighted by Gasteiger charge is 2.21. The molecule has 1 aromatic rings. The van der Waals surface area contributed by atoms with E-state index in [9.17, 15) is 0 Å². The average Bonchev–Trinajstić information content (AvgIpc) is 2.45. The fraction of sp³-hybridized carbons (Fsp3) is 0.400. The van der Waals surface area contributed by atoms with Crippen molar-refractivity contribution in [2.75, 3.05) is 24.6 Å². The van der Waals surface area contributed by atoms with E-state index in [0.29, 0.717) is 17.2 Å². The van der Waals surface area contributed by atoms with Gasteiger partial charge in [0.1, 0.15) is 12.7 Å². The summed E-state index contributed by atoms with van der Waals surface area (Å²) in [7, 11) is 0. The second-order valence-corrected chi connectivity index (χ2v) is 4.91. The molecule has 98 valence electrons. The summed E-state index contributed by atoms with van der Waals surface area (Å²) in [4.78, 5) is 2.18. The van der Waals surface area contributed by atoms with Gasteiger partial charge in [-0.15, -0.1) is 6.42 Å². The molecule has 0 aliphatic carbocycles. The molecule has 3 nitrogen and oxygen atoms in total. The Kier molecular flexibility index (Phi) is 4.68. The molecule has 0 spiro atoms. The van der Waals surface area contributed by atoms with E-state index in [1.165, 1.54) is 0 Å². The first-order chi connectivity index (χ1) is 9.24. The zero-order chi connectivity index (χ0) is 13.7. The molecule has 1 aliphatic heterocycles. The van der Waals surface area contributed by atoms with Crippen molar-refractivity contribution in [1.29, 1.82) is 5.26 Å². The Bertz CT molecular complexity index is 522. The maximum atomic E-state index is 9.14. The summed E-state index contributed by atoms with van der Waals surface area (Å²) in [6.45, 7) is 2.07.